The quantitative estimate of drug-likeness (QED) is 0.499. The van der Waals surface area contributed by atoms with Gasteiger partial charge in [0.25, 0.3) is 0 Å². The third-order valence-electron chi connectivity index (χ3n) is 11.3. The monoisotopic (exact) mass is 486 g/mol. The van der Waals surface area contributed by atoms with Crippen LogP contribution in [0.25, 0.3) is 0 Å². The molecule has 1 unspecified atom stereocenters. The largest absolute Gasteiger partial charge is 0.372 e. The summed E-state index contributed by atoms with van der Waals surface area (Å²) >= 11 is 0. The summed E-state index contributed by atoms with van der Waals surface area (Å²) in [5, 5.41) is 12.2. The predicted octanol–water partition coefficient (Wildman–Crippen LogP) is 6.80. The van der Waals surface area contributed by atoms with Crippen LogP contribution in [0.3, 0.4) is 0 Å². The van der Waals surface area contributed by atoms with Crippen molar-refractivity contribution in [1.29, 1.82) is 0 Å². The standard InChI is InChI=1S/C32H42N2O2/c1-31-14-5-7-28(31)25-13-10-23-19-29(35)32(15-6-18-34(32)36)21-27(23)30(25)26(20-31)22-8-11-24(12-9-22)33-16-3-2-4-17-33/h8-9,11-12,19,25-26,28,36H,2-7,10,13-18,20-21H2,1H3/t25-,26+,28-,31-,32?/m0/s1. The molecule has 6 aliphatic rings. The van der Waals surface area contributed by atoms with E-state index < -0.39 is 5.54 Å². The molecule has 4 heteroatoms. The van der Waals surface area contributed by atoms with Crippen LogP contribution in [0, 0.1) is 17.3 Å². The molecular weight excluding hydrogens is 444 g/mol. The van der Waals surface area contributed by atoms with Gasteiger partial charge in [0.05, 0.1) is 0 Å². The van der Waals surface area contributed by atoms with Crippen LogP contribution in [-0.2, 0) is 4.79 Å². The Balaban J connectivity index is 1.32. The van der Waals surface area contributed by atoms with Gasteiger partial charge in [-0.1, -0.05) is 31.1 Å². The van der Waals surface area contributed by atoms with Gasteiger partial charge in [0.2, 0.25) is 0 Å². The van der Waals surface area contributed by atoms with Gasteiger partial charge in [0.1, 0.15) is 5.54 Å². The molecule has 5 atom stereocenters. The van der Waals surface area contributed by atoms with Crippen LogP contribution in [0.1, 0.15) is 95.5 Å². The lowest BCUT2D eigenvalue weighted by Gasteiger charge is -2.52. The molecule has 1 aromatic carbocycles. The maximum Gasteiger partial charge on any atom is 0.178 e. The van der Waals surface area contributed by atoms with Gasteiger partial charge in [0.15, 0.2) is 5.78 Å². The maximum atomic E-state index is 13.3. The molecule has 0 aromatic heterocycles. The summed E-state index contributed by atoms with van der Waals surface area (Å²) in [5.74, 6) is 1.98. The van der Waals surface area contributed by atoms with Crippen LogP contribution in [0.5, 0.6) is 0 Å². The zero-order valence-electron chi connectivity index (χ0n) is 22.0. The first-order chi connectivity index (χ1) is 17.5. The topological polar surface area (TPSA) is 43.8 Å². The van der Waals surface area contributed by atoms with E-state index in [-0.39, 0.29) is 5.78 Å². The SMILES string of the molecule is C[C@@]12CCC[C@H]1[C@@H]1CCC3=CC(=O)C4(CCCN4O)CC3=C1[C@@H](c1ccc(N3CCCCC3)cc1)C2. The summed E-state index contributed by atoms with van der Waals surface area (Å²) in [6.45, 7) is 5.55. The van der Waals surface area contributed by atoms with Crippen molar-refractivity contribution in [1.82, 2.24) is 5.06 Å². The number of anilines is 1. The summed E-state index contributed by atoms with van der Waals surface area (Å²) < 4.78 is 0. The van der Waals surface area contributed by atoms with Gasteiger partial charge in [-0.2, -0.15) is 5.06 Å². The first kappa shape index (κ1) is 23.2. The second-order valence-corrected chi connectivity index (χ2v) is 13.1. The molecule has 0 radical (unpaired) electrons. The third-order valence-corrected chi connectivity index (χ3v) is 11.3. The minimum absolute atomic E-state index is 0.143. The maximum absolute atomic E-state index is 13.3. The van der Waals surface area contributed by atoms with Crippen molar-refractivity contribution in [3.8, 4) is 0 Å². The van der Waals surface area contributed by atoms with Gasteiger partial charge >= 0.3 is 0 Å². The number of hydrogen-bond acceptors (Lipinski definition) is 4. The van der Waals surface area contributed by atoms with Crippen LogP contribution in [0.2, 0.25) is 0 Å². The van der Waals surface area contributed by atoms with E-state index in [1.54, 1.807) is 5.57 Å². The zero-order chi connectivity index (χ0) is 24.5. The van der Waals surface area contributed by atoms with Gasteiger partial charge < -0.3 is 10.1 Å². The van der Waals surface area contributed by atoms with E-state index in [0.717, 1.165) is 25.2 Å². The van der Waals surface area contributed by atoms with E-state index in [2.05, 4.69) is 36.1 Å². The number of nitrogens with zero attached hydrogens (tertiary/aromatic N) is 2. The highest BCUT2D eigenvalue weighted by Gasteiger charge is 2.55. The summed E-state index contributed by atoms with van der Waals surface area (Å²) in [4.78, 5) is 15.9. The molecule has 0 amide bonds. The third kappa shape index (κ3) is 3.43. The number of carbonyl (C=O) groups excluding carboxylic acids is 1. The van der Waals surface area contributed by atoms with E-state index in [4.69, 9.17) is 0 Å². The summed E-state index contributed by atoms with van der Waals surface area (Å²) in [6, 6.07) is 9.60. The summed E-state index contributed by atoms with van der Waals surface area (Å²) in [5.41, 5.74) is 6.93. The van der Waals surface area contributed by atoms with Crippen molar-refractivity contribution in [2.45, 2.75) is 95.4 Å². The predicted molar refractivity (Wildman–Crippen MR) is 143 cm³/mol. The van der Waals surface area contributed by atoms with Crippen molar-refractivity contribution in [3.05, 3.63) is 52.6 Å². The van der Waals surface area contributed by atoms with Gasteiger partial charge in [-0.15, -0.1) is 0 Å². The van der Waals surface area contributed by atoms with Gasteiger partial charge in [-0.25, -0.2) is 0 Å². The van der Waals surface area contributed by atoms with Crippen LogP contribution in [-0.4, -0.2) is 41.2 Å². The number of fused-ring (bicyclic) bond motifs is 4. The van der Waals surface area contributed by atoms with Crippen molar-refractivity contribution < 1.29 is 10.0 Å². The van der Waals surface area contributed by atoms with Crippen LogP contribution < -0.4 is 4.90 Å². The molecular formula is C32H42N2O2. The smallest absolute Gasteiger partial charge is 0.178 e. The molecule has 4 fully saturated rings. The second-order valence-electron chi connectivity index (χ2n) is 13.1. The first-order valence-electron chi connectivity index (χ1n) is 14.8. The molecule has 1 aromatic rings. The number of allylic oxidation sites excluding steroid dienone is 2. The average molecular weight is 487 g/mol. The van der Waals surface area contributed by atoms with E-state index in [0.29, 0.717) is 30.2 Å². The van der Waals surface area contributed by atoms with Gasteiger partial charge in [0, 0.05) is 37.7 Å². The Bertz CT molecular complexity index is 1110. The number of rotatable bonds is 2. The highest BCUT2D eigenvalue weighted by Crippen LogP contribution is 2.64. The Morgan fingerprint density at radius 1 is 0.944 bits per heavy atom. The van der Waals surface area contributed by atoms with Crippen LogP contribution >= 0.6 is 0 Å². The van der Waals surface area contributed by atoms with Gasteiger partial charge in [-0.05, 0) is 116 Å². The fourth-order valence-corrected chi connectivity index (χ4v) is 9.40. The van der Waals surface area contributed by atoms with Crippen LogP contribution in [0.4, 0.5) is 5.69 Å². The number of carbonyl (C=O) groups is 1. The van der Waals surface area contributed by atoms with Crippen molar-refractivity contribution >= 4 is 11.5 Å². The lowest BCUT2D eigenvalue weighted by atomic mass is 9.53. The molecule has 2 heterocycles. The molecule has 1 spiro atoms. The molecule has 192 valence electrons. The molecule has 4 nitrogen and oxygen atoms in total. The molecule has 2 aliphatic heterocycles. The van der Waals surface area contributed by atoms with Crippen molar-refractivity contribution in [2.24, 2.45) is 17.3 Å². The highest BCUT2D eigenvalue weighted by molar-refractivity contribution is 6.01. The number of hydrogen-bond donors (Lipinski definition) is 1. The second kappa shape index (κ2) is 8.56. The Hall–Kier alpha value is -1.91. The van der Waals surface area contributed by atoms with Crippen LogP contribution in [0.15, 0.2) is 47.1 Å². The Morgan fingerprint density at radius 3 is 2.50 bits per heavy atom. The minimum atomic E-state index is -0.715. The van der Waals surface area contributed by atoms with E-state index in [9.17, 15) is 10.0 Å². The molecule has 1 N–H and O–H groups in total. The Morgan fingerprint density at radius 2 is 1.75 bits per heavy atom. The number of ketones is 1. The fourth-order valence-electron chi connectivity index (χ4n) is 9.40. The van der Waals surface area contributed by atoms with E-state index >= 15 is 0 Å². The molecule has 0 bridgehead atoms. The summed E-state index contributed by atoms with van der Waals surface area (Å²) in [6.07, 6.45) is 15.8. The molecule has 2 saturated heterocycles. The van der Waals surface area contributed by atoms with Crippen molar-refractivity contribution in [2.75, 3.05) is 24.5 Å². The number of benzene rings is 1. The molecule has 36 heavy (non-hydrogen) atoms. The lowest BCUT2D eigenvalue weighted by Crippen LogP contribution is -2.51. The highest BCUT2D eigenvalue weighted by atomic mass is 16.5. The minimum Gasteiger partial charge on any atom is -0.372 e. The fraction of sp³-hybridized carbons (Fsp3) is 0.656. The zero-order valence-corrected chi connectivity index (χ0v) is 22.0. The normalized spacial score (nSPS) is 38.7. The lowest BCUT2D eigenvalue weighted by molar-refractivity contribution is -0.165. The van der Waals surface area contributed by atoms with Crippen molar-refractivity contribution in [3.63, 3.8) is 0 Å². The first-order valence-corrected chi connectivity index (χ1v) is 14.8. The Kier molecular flexibility index (Phi) is 5.52. The number of piperidine rings is 1. The summed E-state index contributed by atoms with van der Waals surface area (Å²) in [7, 11) is 0. The molecule has 2 saturated carbocycles. The molecule has 7 rings (SSSR count). The van der Waals surface area contributed by atoms with Gasteiger partial charge in [-0.3, -0.25) is 4.79 Å². The van der Waals surface area contributed by atoms with E-state index in [1.807, 2.05) is 6.08 Å². The molecule has 4 aliphatic carbocycles. The Labute approximate surface area is 216 Å². The van der Waals surface area contributed by atoms with E-state index in [1.165, 1.54) is 91.9 Å². The number of hydroxylamine groups is 2. The average Bonchev–Trinajstić information content (AvgIpc) is 3.47.